The topological polar surface area (TPSA) is 21.7 Å². The van der Waals surface area contributed by atoms with E-state index in [1.807, 2.05) is 30.3 Å². The van der Waals surface area contributed by atoms with Gasteiger partial charge in [0, 0.05) is 39.2 Å². The molecule has 0 saturated heterocycles. The SMILES string of the molecule is CC1(C)c2cccc3c2N(c2cc(Oc4ccccc4)cc4c2B3c2c(sc3ccccc23)O4)C1(C)C. The van der Waals surface area contributed by atoms with Crippen LogP contribution in [-0.2, 0) is 5.41 Å². The molecule has 180 valence electrons. The second-order valence-electron chi connectivity index (χ2n) is 11.4. The summed E-state index contributed by atoms with van der Waals surface area (Å²) < 4.78 is 14.4. The molecule has 0 amide bonds. The van der Waals surface area contributed by atoms with E-state index in [-0.39, 0.29) is 17.7 Å². The number of nitrogens with zero attached hydrogens (tertiary/aromatic N) is 1. The van der Waals surface area contributed by atoms with Gasteiger partial charge in [-0.1, -0.05) is 79.8 Å². The highest BCUT2D eigenvalue weighted by molar-refractivity contribution is 7.24. The van der Waals surface area contributed by atoms with Gasteiger partial charge < -0.3 is 14.4 Å². The van der Waals surface area contributed by atoms with Crippen LogP contribution in [0.2, 0.25) is 0 Å². The Morgan fingerprint density at radius 1 is 0.811 bits per heavy atom. The summed E-state index contributed by atoms with van der Waals surface area (Å²) in [5.74, 6) is 2.51. The lowest BCUT2D eigenvalue weighted by Gasteiger charge is -2.46. The fourth-order valence-electron chi connectivity index (χ4n) is 6.64. The van der Waals surface area contributed by atoms with Gasteiger partial charge in [-0.3, -0.25) is 0 Å². The summed E-state index contributed by atoms with van der Waals surface area (Å²) in [6.45, 7) is 9.60. The minimum Gasteiger partial charge on any atom is -0.457 e. The first-order valence-electron chi connectivity index (χ1n) is 12.9. The minimum atomic E-state index is -0.146. The maximum absolute atomic E-state index is 6.74. The zero-order valence-electron chi connectivity index (χ0n) is 21.3. The van der Waals surface area contributed by atoms with E-state index in [1.165, 1.54) is 43.4 Å². The summed E-state index contributed by atoms with van der Waals surface area (Å²) in [4.78, 5) is 2.56. The van der Waals surface area contributed by atoms with Crippen LogP contribution >= 0.6 is 11.3 Å². The van der Waals surface area contributed by atoms with Crippen molar-refractivity contribution >= 4 is 55.9 Å². The van der Waals surface area contributed by atoms with Gasteiger partial charge in [-0.15, -0.1) is 0 Å². The van der Waals surface area contributed by atoms with Gasteiger partial charge in [-0.05, 0) is 59.4 Å². The van der Waals surface area contributed by atoms with Crippen molar-refractivity contribution in [3.8, 4) is 22.3 Å². The summed E-state index contributed by atoms with van der Waals surface area (Å²) >= 11 is 1.74. The molecule has 4 aromatic carbocycles. The van der Waals surface area contributed by atoms with Crippen molar-refractivity contribution in [1.29, 1.82) is 0 Å². The predicted octanol–water partition coefficient (Wildman–Crippen LogP) is 6.84. The molecule has 0 fully saturated rings. The molecule has 0 unspecified atom stereocenters. The molecule has 37 heavy (non-hydrogen) atoms. The van der Waals surface area contributed by atoms with Crippen molar-refractivity contribution in [3.63, 3.8) is 0 Å². The number of thiophene rings is 1. The van der Waals surface area contributed by atoms with E-state index in [9.17, 15) is 0 Å². The number of hydrogen-bond acceptors (Lipinski definition) is 4. The average molecular weight is 499 g/mol. The Bertz CT molecular complexity index is 1750. The van der Waals surface area contributed by atoms with Crippen LogP contribution in [0.5, 0.6) is 22.3 Å². The average Bonchev–Trinajstić information content (AvgIpc) is 3.33. The van der Waals surface area contributed by atoms with Gasteiger partial charge in [0.25, 0.3) is 6.71 Å². The summed E-state index contributed by atoms with van der Waals surface area (Å²) in [6, 6.07) is 29.9. The van der Waals surface area contributed by atoms with Crippen molar-refractivity contribution in [2.24, 2.45) is 0 Å². The van der Waals surface area contributed by atoms with Crippen LogP contribution in [0.1, 0.15) is 33.3 Å². The zero-order chi connectivity index (χ0) is 25.1. The van der Waals surface area contributed by atoms with Crippen molar-refractivity contribution in [2.75, 3.05) is 4.90 Å². The normalized spacial score (nSPS) is 17.2. The van der Waals surface area contributed by atoms with Crippen molar-refractivity contribution < 1.29 is 9.47 Å². The van der Waals surface area contributed by atoms with E-state index in [0.29, 0.717) is 0 Å². The van der Waals surface area contributed by atoms with E-state index in [0.717, 1.165) is 22.3 Å². The van der Waals surface area contributed by atoms with Gasteiger partial charge in [-0.25, -0.2) is 0 Å². The highest BCUT2D eigenvalue weighted by atomic mass is 32.1. The summed E-state index contributed by atoms with van der Waals surface area (Å²) in [7, 11) is 0. The van der Waals surface area contributed by atoms with Gasteiger partial charge >= 0.3 is 0 Å². The van der Waals surface area contributed by atoms with Crippen molar-refractivity contribution in [1.82, 2.24) is 0 Å². The Labute approximate surface area is 221 Å². The van der Waals surface area contributed by atoms with Crippen LogP contribution in [0, 0.1) is 0 Å². The third-order valence-electron chi connectivity index (χ3n) is 9.06. The van der Waals surface area contributed by atoms with Crippen LogP contribution in [0.3, 0.4) is 0 Å². The number of ether oxygens (including phenoxy) is 2. The monoisotopic (exact) mass is 499 g/mol. The highest BCUT2D eigenvalue weighted by Crippen LogP contribution is 2.56. The zero-order valence-corrected chi connectivity index (χ0v) is 22.1. The minimum absolute atomic E-state index is 0.0462. The van der Waals surface area contributed by atoms with Crippen LogP contribution in [-0.4, -0.2) is 12.3 Å². The molecule has 1 aromatic heterocycles. The van der Waals surface area contributed by atoms with Gasteiger partial charge in [0.05, 0.1) is 0 Å². The molecule has 0 saturated carbocycles. The van der Waals surface area contributed by atoms with Crippen LogP contribution < -0.4 is 30.8 Å². The number of benzene rings is 4. The third kappa shape index (κ3) is 2.63. The van der Waals surface area contributed by atoms with Crippen LogP contribution in [0.15, 0.2) is 84.9 Å². The molecule has 5 heteroatoms. The van der Waals surface area contributed by atoms with E-state index in [2.05, 4.69) is 87.2 Å². The Morgan fingerprint density at radius 3 is 2.43 bits per heavy atom. The van der Waals surface area contributed by atoms with E-state index in [4.69, 9.17) is 9.47 Å². The Balaban J connectivity index is 1.46. The molecule has 0 spiro atoms. The smallest absolute Gasteiger partial charge is 0.258 e. The lowest BCUT2D eigenvalue weighted by molar-refractivity contribution is 0.330. The molecule has 3 aliphatic rings. The quantitative estimate of drug-likeness (QED) is 0.244. The number of anilines is 2. The van der Waals surface area contributed by atoms with Gasteiger partial charge in [0.15, 0.2) is 5.06 Å². The number of para-hydroxylation sites is 2. The third-order valence-corrected chi connectivity index (χ3v) is 10.1. The largest absolute Gasteiger partial charge is 0.457 e. The maximum Gasteiger partial charge on any atom is 0.258 e. The molecule has 0 aliphatic carbocycles. The molecular formula is C32H26BNO2S. The number of hydrogen-bond donors (Lipinski definition) is 0. The Kier molecular flexibility index (Phi) is 4.04. The highest BCUT2D eigenvalue weighted by Gasteiger charge is 2.57. The van der Waals surface area contributed by atoms with Crippen molar-refractivity contribution in [2.45, 2.75) is 38.6 Å². The van der Waals surface area contributed by atoms with E-state index in [1.54, 1.807) is 11.3 Å². The summed E-state index contributed by atoms with van der Waals surface area (Å²) in [6.07, 6.45) is 0. The van der Waals surface area contributed by atoms with Gasteiger partial charge in [-0.2, -0.15) is 0 Å². The van der Waals surface area contributed by atoms with Gasteiger partial charge in [0.1, 0.15) is 17.2 Å². The molecule has 5 aromatic rings. The van der Waals surface area contributed by atoms with Gasteiger partial charge in [0.2, 0.25) is 0 Å². The first-order chi connectivity index (χ1) is 17.9. The Hall–Kier alpha value is -3.70. The second-order valence-corrected chi connectivity index (χ2v) is 12.4. The molecule has 4 heterocycles. The first-order valence-corrected chi connectivity index (χ1v) is 13.7. The summed E-state index contributed by atoms with van der Waals surface area (Å²) in [5.41, 5.74) is 7.65. The lowest BCUT2D eigenvalue weighted by atomic mass is 9.34. The van der Waals surface area contributed by atoms with Crippen LogP contribution in [0.4, 0.5) is 11.4 Å². The molecule has 0 atom stereocenters. The molecule has 8 rings (SSSR count). The predicted molar refractivity (Wildman–Crippen MR) is 155 cm³/mol. The van der Waals surface area contributed by atoms with E-state index >= 15 is 0 Å². The molecule has 3 nitrogen and oxygen atoms in total. The number of rotatable bonds is 2. The van der Waals surface area contributed by atoms with Crippen LogP contribution in [0.25, 0.3) is 10.1 Å². The Morgan fingerprint density at radius 2 is 1.59 bits per heavy atom. The van der Waals surface area contributed by atoms with E-state index < -0.39 is 0 Å². The summed E-state index contributed by atoms with van der Waals surface area (Å²) in [5, 5.41) is 2.28. The fraction of sp³-hybridized carbons (Fsp3) is 0.188. The van der Waals surface area contributed by atoms with Crippen molar-refractivity contribution in [3.05, 3.63) is 90.5 Å². The maximum atomic E-state index is 6.74. The molecular weight excluding hydrogens is 473 g/mol. The molecule has 0 radical (unpaired) electrons. The molecule has 0 bridgehead atoms. The molecule has 3 aliphatic heterocycles. The lowest BCUT2D eigenvalue weighted by Crippen LogP contribution is -2.62. The number of fused-ring (bicyclic) bond motifs is 6. The standard InChI is InChI=1S/C32H26BNO2S/c1-31(2)22-14-10-15-23-29(22)34(32(31,3)4)24-17-20(35-19-11-6-5-7-12-19)18-25-28(24)33(23)27-21-13-8-9-16-26(21)37-30(27)36-25/h5-18H,1-4H3. The molecule has 0 N–H and O–H groups in total. The fourth-order valence-corrected chi connectivity index (χ4v) is 7.74. The first kappa shape index (κ1) is 21.4. The second kappa shape index (κ2) is 6.99.